The van der Waals surface area contributed by atoms with Gasteiger partial charge in [-0.2, -0.15) is 0 Å². The average molecular weight is 231 g/mol. The number of rotatable bonds is 1. The van der Waals surface area contributed by atoms with Crippen LogP contribution in [0.3, 0.4) is 0 Å². The molecule has 1 fully saturated rings. The van der Waals surface area contributed by atoms with Crippen molar-refractivity contribution >= 4 is 6.09 Å². The molecule has 0 aliphatic carbocycles. The zero-order valence-corrected chi connectivity index (χ0v) is 10.4. The van der Waals surface area contributed by atoms with Gasteiger partial charge in [0, 0.05) is 6.54 Å². The molecule has 1 heterocycles. The molecule has 1 saturated heterocycles. The van der Waals surface area contributed by atoms with Crippen LogP contribution < -0.4 is 0 Å². The lowest BCUT2D eigenvalue weighted by Gasteiger charge is -2.37. The Morgan fingerprint density at radius 3 is 2.69 bits per heavy atom. The lowest BCUT2D eigenvalue weighted by molar-refractivity contribution is -0.0623. The molecule has 1 rings (SSSR count). The monoisotopic (exact) mass is 231 g/mol. The topological polar surface area (TPSA) is 59.0 Å². The fraction of sp³-hybridized carbons (Fsp3) is 0.909. The summed E-state index contributed by atoms with van der Waals surface area (Å²) in [5.41, 5.74) is -0.515. The van der Waals surface area contributed by atoms with Crippen molar-refractivity contribution in [1.82, 2.24) is 4.90 Å². The number of aliphatic hydroxyl groups excluding tert-OH is 1. The molecule has 2 atom stereocenters. The summed E-state index contributed by atoms with van der Waals surface area (Å²) in [7, 11) is 0. The van der Waals surface area contributed by atoms with Crippen LogP contribution in [0.15, 0.2) is 0 Å². The van der Waals surface area contributed by atoms with Crippen molar-refractivity contribution in [2.45, 2.75) is 45.4 Å². The van der Waals surface area contributed by atoms with Gasteiger partial charge in [0.05, 0.1) is 25.4 Å². The van der Waals surface area contributed by atoms with Crippen LogP contribution in [0.1, 0.15) is 27.7 Å². The molecule has 0 spiro atoms. The summed E-state index contributed by atoms with van der Waals surface area (Å²) in [5, 5.41) is 9.57. The molecule has 0 aromatic carbocycles. The molecule has 1 N–H and O–H groups in total. The molecule has 16 heavy (non-hydrogen) atoms. The van der Waals surface area contributed by atoms with Crippen LogP contribution in [0.25, 0.3) is 0 Å². The van der Waals surface area contributed by atoms with Crippen LogP contribution in [-0.4, -0.2) is 53.6 Å². The van der Waals surface area contributed by atoms with Gasteiger partial charge in [-0.15, -0.1) is 0 Å². The van der Waals surface area contributed by atoms with E-state index in [0.717, 1.165) is 0 Å². The van der Waals surface area contributed by atoms with E-state index in [0.29, 0.717) is 19.8 Å². The number of nitrogens with zero attached hydrogens (tertiary/aromatic N) is 1. The third-order valence-corrected chi connectivity index (χ3v) is 2.35. The summed E-state index contributed by atoms with van der Waals surface area (Å²) in [5.74, 6) is 0. The highest BCUT2D eigenvalue weighted by Gasteiger charge is 2.33. The number of aliphatic hydroxyl groups is 1. The molecule has 5 nitrogen and oxygen atoms in total. The molecule has 0 aromatic heterocycles. The highest BCUT2D eigenvalue weighted by Crippen LogP contribution is 2.16. The van der Waals surface area contributed by atoms with Crippen LogP contribution in [0.2, 0.25) is 0 Å². The third kappa shape index (κ3) is 3.64. The number of hydrogen-bond acceptors (Lipinski definition) is 4. The molecule has 0 aromatic rings. The second-order valence-electron chi connectivity index (χ2n) is 5.06. The summed E-state index contributed by atoms with van der Waals surface area (Å²) in [6.07, 6.45) is -1.01. The lowest BCUT2D eigenvalue weighted by Crippen LogP contribution is -2.54. The van der Waals surface area contributed by atoms with Crippen molar-refractivity contribution in [2.75, 3.05) is 19.8 Å². The largest absolute Gasteiger partial charge is 0.444 e. The highest BCUT2D eigenvalue weighted by atomic mass is 16.6. The summed E-state index contributed by atoms with van der Waals surface area (Å²) in [6, 6.07) is -0.316. The van der Waals surface area contributed by atoms with Gasteiger partial charge in [-0.05, 0) is 27.7 Å². The van der Waals surface area contributed by atoms with Crippen molar-refractivity contribution in [3.05, 3.63) is 0 Å². The Morgan fingerprint density at radius 1 is 1.56 bits per heavy atom. The van der Waals surface area contributed by atoms with Gasteiger partial charge in [0.2, 0.25) is 0 Å². The second-order valence-corrected chi connectivity index (χ2v) is 5.06. The Balaban J connectivity index is 2.64. The third-order valence-electron chi connectivity index (χ3n) is 2.35. The summed E-state index contributed by atoms with van der Waals surface area (Å²) in [4.78, 5) is 13.4. The molecule has 5 heteroatoms. The normalized spacial score (nSPS) is 24.1. The van der Waals surface area contributed by atoms with E-state index in [-0.39, 0.29) is 12.1 Å². The van der Waals surface area contributed by atoms with E-state index in [4.69, 9.17) is 9.47 Å². The van der Waals surface area contributed by atoms with E-state index in [2.05, 4.69) is 0 Å². The van der Waals surface area contributed by atoms with Gasteiger partial charge in [0.25, 0.3) is 0 Å². The standard InChI is InChI=1S/C11H21NO4/c1-8(13)9-7-15-6-5-12(9)10(14)16-11(2,3)4/h8-9,13H,5-7H2,1-4H3/t8-,9+/m1/s1. The summed E-state index contributed by atoms with van der Waals surface area (Å²) < 4.78 is 10.5. The molecular weight excluding hydrogens is 210 g/mol. The number of carbonyl (C=O) groups excluding carboxylic acids is 1. The van der Waals surface area contributed by atoms with Crippen LogP contribution >= 0.6 is 0 Å². The Hall–Kier alpha value is -0.810. The smallest absolute Gasteiger partial charge is 0.410 e. The predicted molar refractivity (Wildman–Crippen MR) is 59.2 cm³/mol. The number of carbonyl (C=O) groups is 1. The molecule has 1 aliphatic rings. The minimum Gasteiger partial charge on any atom is -0.444 e. The SMILES string of the molecule is C[C@@H](O)[C@@H]1COCCN1C(=O)OC(C)(C)C. The molecule has 94 valence electrons. The molecule has 0 bridgehead atoms. The van der Waals surface area contributed by atoms with E-state index in [1.165, 1.54) is 0 Å². The molecule has 1 amide bonds. The Kier molecular flexibility index (Phi) is 4.15. The van der Waals surface area contributed by atoms with Gasteiger partial charge in [-0.3, -0.25) is 4.90 Å². The van der Waals surface area contributed by atoms with E-state index < -0.39 is 11.7 Å². The van der Waals surface area contributed by atoms with Crippen LogP contribution in [-0.2, 0) is 9.47 Å². The molecular formula is C11H21NO4. The van der Waals surface area contributed by atoms with Gasteiger partial charge in [-0.1, -0.05) is 0 Å². The first-order valence-electron chi connectivity index (χ1n) is 5.56. The fourth-order valence-electron chi connectivity index (χ4n) is 1.57. The van der Waals surface area contributed by atoms with Crippen molar-refractivity contribution in [2.24, 2.45) is 0 Å². The molecule has 0 saturated carbocycles. The number of ether oxygens (including phenoxy) is 2. The Morgan fingerprint density at radius 2 is 2.19 bits per heavy atom. The Labute approximate surface area is 96.3 Å². The quantitative estimate of drug-likeness (QED) is 0.731. The van der Waals surface area contributed by atoms with Crippen molar-refractivity contribution in [1.29, 1.82) is 0 Å². The average Bonchev–Trinajstić information content (AvgIpc) is 2.15. The van der Waals surface area contributed by atoms with Crippen molar-refractivity contribution in [3.63, 3.8) is 0 Å². The minimum atomic E-state index is -0.618. The maximum Gasteiger partial charge on any atom is 0.410 e. The predicted octanol–water partition coefficient (Wildman–Crippen LogP) is 1.00. The molecule has 0 radical (unpaired) electrons. The van der Waals surface area contributed by atoms with Gasteiger partial charge < -0.3 is 14.6 Å². The molecule has 0 unspecified atom stereocenters. The minimum absolute atomic E-state index is 0.316. The van der Waals surface area contributed by atoms with Gasteiger partial charge >= 0.3 is 6.09 Å². The first-order chi connectivity index (χ1) is 7.31. The summed E-state index contributed by atoms with van der Waals surface area (Å²) in [6.45, 7) is 8.43. The maximum absolute atomic E-state index is 11.9. The number of hydrogen-bond donors (Lipinski definition) is 1. The van der Waals surface area contributed by atoms with Crippen LogP contribution in [0, 0.1) is 0 Å². The lowest BCUT2D eigenvalue weighted by atomic mass is 10.1. The van der Waals surface area contributed by atoms with Crippen LogP contribution in [0.5, 0.6) is 0 Å². The Bertz CT molecular complexity index is 247. The van der Waals surface area contributed by atoms with Crippen molar-refractivity contribution in [3.8, 4) is 0 Å². The van der Waals surface area contributed by atoms with Crippen LogP contribution in [0.4, 0.5) is 4.79 Å². The van der Waals surface area contributed by atoms with Gasteiger partial charge in [-0.25, -0.2) is 4.79 Å². The van der Waals surface area contributed by atoms with E-state index in [9.17, 15) is 9.90 Å². The van der Waals surface area contributed by atoms with Crippen molar-refractivity contribution < 1.29 is 19.4 Å². The van der Waals surface area contributed by atoms with E-state index in [1.807, 2.05) is 20.8 Å². The summed E-state index contributed by atoms with van der Waals surface area (Å²) >= 11 is 0. The maximum atomic E-state index is 11.9. The van der Waals surface area contributed by atoms with Gasteiger partial charge in [0.15, 0.2) is 0 Å². The first-order valence-corrected chi connectivity index (χ1v) is 5.56. The second kappa shape index (κ2) is 5.01. The van der Waals surface area contributed by atoms with E-state index >= 15 is 0 Å². The zero-order valence-electron chi connectivity index (χ0n) is 10.4. The first kappa shape index (κ1) is 13.3. The molecule has 1 aliphatic heterocycles. The van der Waals surface area contributed by atoms with E-state index in [1.54, 1.807) is 11.8 Å². The fourth-order valence-corrected chi connectivity index (χ4v) is 1.57. The number of morpholine rings is 1. The highest BCUT2D eigenvalue weighted by molar-refractivity contribution is 5.68. The number of amides is 1. The van der Waals surface area contributed by atoms with Gasteiger partial charge in [0.1, 0.15) is 5.60 Å². The zero-order chi connectivity index (χ0) is 12.3.